The fraction of sp³-hybridized carbons (Fsp3) is 0.621. The number of benzene rings is 2. The van der Waals surface area contributed by atoms with Gasteiger partial charge in [-0.05, 0) is 49.2 Å². The third-order valence-corrected chi connectivity index (χ3v) is 23.4. The van der Waals surface area contributed by atoms with Crippen LogP contribution < -0.4 is 40.9 Å². The van der Waals surface area contributed by atoms with Gasteiger partial charge in [-0.15, -0.1) is 0 Å². The van der Waals surface area contributed by atoms with E-state index in [0.29, 0.717) is 33.2 Å². The van der Waals surface area contributed by atoms with Gasteiger partial charge < -0.3 is 30.5 Å². The number of hydrogen-bond acceptors (Lipinski definition) is 1. The molecule has 0 saturated carbocycles. The molecule has 2 N–H and O–H groups in total. The summed E-state index contributed by atoms with van der Waals surface area (Å²) in [6.07, 6.45) is 0. The van der Waals surface area contributed by atoms with E-state index in [1.54, 1.807) is 0 Å². The average Bonchev–Trinajstić information content (AvgIpc) is 2.66. The predicted octanol–water partition coefficient (Wildman–Crippen LogP) is 1.72. The van der Waals surface area contributed by atoms with E-state index in [9.17, 15) is 4.79 Å². The van der Waals surface area contributed by atoms with Crippen molar-refractivity contribution >= 4 is 43.2 Å². The van der Waals surface area contributed by atoms with Gasteiger partial charge in [-0.1, -0.05) is 119 Å². The second kappa shape index (κ2) is 14.3. The van der Waals surface area contributed by atoms with Crippen LogP contribution in [0, 0.1) is 0 Å². The molecule has 36 heavy (non-hydrogen) atoms. The molecule has 0 aliphatic carbocycles. The number of rotatable bonds is 9. The van der Waals surface area contributed by atoms with Crippen LogP contribution in [0.4, 0.5) is 0 Å². The molecule has 1 amide bonds. The Balaban J connectivity index is 0. The SMILES string of the molecule is CC(C)[Si](c1cc2ccccc2c(C(N)=O)c1[Si](C(C)C)(C(C)C)C(C)C)(C(C)C)C(C)C.[Cl-].[Cl-].[Ti+2]. The van der Waals surface area contributed by atoms with Gasteiger partial charge in [-0.25, -0.2) is 0 Å². The fourth-order valence-corrected chi connectivity index (χ4v) is 23.3. The van der Waals surface area contributed by atoms with Crippen molar-refractivity contribution in [3.63, 3.8) is 0 Å². The maximum atomic E-state index is 13.4. The first-order valence-corrected chi connectivity index (χ1v) is 17.5. The Hall–Kier alpha value is -0.102. The number of carbonyl (C=O) groups excluding carboxylic acids is 1. The molecule has 0 unspecified atom stereocenters. The van der Waals surface area contributed by atoms with E-state index in [1.807, 2.05) is 0 Å². The Morgan fingerprint density at radius 1 is 0.667 bits per heavy atom. The summed E-state index contributed by atoms with van der Waals surface area (Å²) in [6.45, 7) is 29.0. The monoisotopic (exact) mass is 601 g/mol. The minimum atomic E-state index is -2.19. The third-order valence-electron chi connectivity index (χ3n) is 8.93. The van der Waals surface area contributed by atoms with Crippen molar-refractivity contribution in [3.05, 3.63) is 35.9 Å². The molecule has 2 aromatic rings. The largest absolute Gasteiger partial charge is 2.00 e. The second-order valence-electron chi connectivity index (χ2n) is 12.1. The van der Waals surface area contributed by atoms with Crippen LogP contribution in [0.25, 0.3) is 10.8 Å². The van der Waals surface area contributed by atoms with Crippen LogP contribution in [0.15, 0.2) is 30.3 Å². The molecule has 0 radical (unpaired) electrons. The fourth-order valence-electron chi connectivity index (χ4n) is 8.19. The smallest absolute Gasteiger partial charge is 1.00 e. The zero-order valence-corrected chi connectivity index (χ0v) is 29.7. The van der Waals surface area contributed by atoms with Gasteiger partial charge in [0.1, 0.15) is 0 Å². The van der Waals surface area contributed by atoms with E-state index in [2.05, 4.69) is 113 Å². The van der Waals surface area contributed by atoms with E-state index in [4.69, 9.17) is 5.73 Å². The minimum Gasteiger partial charge on any atom is -1.00 e. The zero-order valence-electron chi connectivity index (χ0n) is 24.6. The molecule has 0 heterocycles. The van der Waals surface area contributed by atoms with Crippen molar-refractivity contribution < 1.29 is 51.3 Å². The van der Waals surface area contributed by atoms with Gasteiger partial charge in [0.25, 0.3) is 0 Å². The molecule has 7 heteroatoms. The Labute approximate surface area is 251 Å². The summed E-state index contributed by atoms with van der Waals surface area (Å²) in [7, 11) is -4.25. The van der Waals surface area contributed by atoms with E-state index < -0.39 is 16.1 Å². The zero-order chi connectivity index (χ0) is 25.5. The summed E-state index contributed by atoms with van der Waals surface area (Å²) in [6, 6.07) is 11.0. The van der Waals surface area contributed by atoms with Crippen molar-refractivity contribution in [3.8, 4) is 0 Å². The van der Waals surface area contributed by atoms with Crippen molar-refractivity contribution in [2.75, 3.05) is 0 Å². The molecule has 2 nitrogen and oxygen atoms in total. The van der Waals surface area contributed by atoms with Crippen molar-refractivity contribution in [2.45, 2.75) is 116 Å². The van der Waals surface area contributed by atoms with Crippen molar-refractivity contribution in [1.29, 1.82) is 0 Å². The first-order chi connectivity index (χ1) is 15.2. The van der Waals surface area contributed by atoms with Crippen LogP contribution in [0.2, 0.25) is 33.2 Å². The summed E-state index contributed by atoms with van der Waals surface area (Å²) in [5.41, 5.74) is 10.4. The Bertz CT molecular complexity index is 963. The minimum absolute atomic E-state index is 0. The van der Waals surface area contributed by atoms with Gasteiger partial charge in [0.05, 0.1) is 16.1 Å². The molecule has 0 fully saturated rings. The van der Waals surface area contributed by atoms with E-state index in [1.165, 1.54) is 15.8 Å². The average molecular weight is 603 g/mol. The standard InChI is InChI=1S/C29H49NOSi2.2ClH.Ti/c1-18(2)32(19(3)4,20(5)6)26-17-24-15-13-14-16-25(24)27(29(30)31)28(26)33(21(7)8,22(9)10)23(11)12;;;/h13-23H,1-12H3,(H2,30,31);2*1H;/q;;;+2/p-2. The number of carbonyl (C=O) groups is 1. The normalized spacial score (nSPS) is 12.4. The van der Waals surface area contributed by atoms with Crippen LogP contribution in [0.1, 0.15) is 93.4 Å². The van der Waals surface area contributed by atoms with Crippen LogP contribution in [-0.4, -0.2) is 22.1 Å². The summed E-state index contributed by atoms with van der Waals surface area (Å²) < 4.78 is 0. The van der Waals surface area contributed by atoms with Crippen molar-refractivity contribution in [2.24, 2.45) is 5.73 Å². The molecule has 202 valence electrons. The van der Waals surface area contributed by atoms with Gasteiger partial charge in [0, 0.05) is 5.56 Å². The first-order valence-electron chi connectivity index (χ1n) is 13.1. The topological polar surface area (TPSA) is 43.1 Å². The number of amides is 1. The number of nitrogens with two attached hydrogens (primary N) is 1. The van der Waals surface area contributed by atoms with Gasteiger partial charge >= 0.3 is 21.7 Å². The maximum absolute atomic E-state index is 13.4. The molecular formula is C29H49Cl2NOSi2Ti. The molecule has 0 aliphatic heterocycles. The maximum Gasteiger partial charge on any atom is 2.00 e. The Kier molecular flexibility index (Phi) is 15.1. The Morgan fingerprint density at radius 3 is 1.36 bits per heavy atom. The predicted molar refractivity (Wildman–Crippen MR) is 154 cm³/mol. The van der Waals surface area contributed by atoms with Gasteiger partial charge in [0.15, 0.2) is 0 Å². The molecule has 0 atom stereocenters. The first kappa shape index (κ1) is 38.0. The molecule has 0 bridgehead atoms. The molecule has 2 rings (SSSR count). The van der Waals surface area contributed by atoms with Gasteiger partial charge in [0.2, 0.25) is 5.91 Å². The van der Waals surface area contributed by atoms with Crippen LogP contribution >= 0.6 is 0 Å². The molecule has 0 aromatic heterocycles. The summed E-state index contributed by atoms with van der Waals surface area (Å²) in [4.78, 5) is 13.4. The quantitative estimate of drug-likeness (QED) is 0.437. The molecule has 0 spiro atoms. The van der Waals surface area contributed by atoms with Crippen LogP contribution in [0.3, 0.4) is 0 Å². The number of halogens is 2. The Morgan fingerprint density at radius 2 is 1.03 bits per heavy atom. The summed E-state index contributed by atoms with van der Waals surface area (Å²) in [5, 5.41) is 5.17. The second-order valence-corrected chi connectivity index (χ2v) is 23.8. The number of hydrogen-bond donors (Lipinski definition) is 1. The molecular weight excluding hydrogens is 553 g/mol. The number of primary amides is 1. The van der Waals surface area contributed by atoms with E-state index in [0.717, 1.165) is 10.9 Å². The van der Waals surface area contributed by atoms with Crippen molar-refractivity contribution in [1.82, 2.24) is 0 Å². The molecule has 2 aromatic carbocycles. The summed E-state index contributed by atoms with van der Waals surface area (Å²) in [5.74, 6) is -0.249. The van der Waals surface area contributed by atoms with Crippen LogP contribution in [0.5, 0.6) is 0 Å². The third kappa shape index (κ3) is 5.89. The molecule has 0 aliphatic rings. The van der Waals surface area contributed by atoms with E-state index in [-0.39, 0.29) is 52.4 Å². The van der Waals surface area contributed by atoms with Gasteiger partial charge in [-0.3, -0.25) is 4.79 Å². The van der Waals surface area contributed by atoms with Gasteiger partial charge in [-0.2, -0.15) is 0 Å². The number of fused-ring (bicyclic) bond motifs is 1. The van der Waals surface area contributed by atoms with Crippen LogP contribution in [-0.2, 0) is 21.7 Å². The van der Waals surface area contributed by atoms with E-state index >= 15 is 0 Å². The molecule has 0 saturated heterocycles. The summed E-state index contributed by atoms with van der Waals surface area (Å²) >= 11 is 0.